The topological polar surface area (TPSA) is 58.6 Å². The molecule has 4 nitrogen and oxygen atoms in total. The number of hydrogen-bond donors (Lipinski definition) is 2. The number of carbonyl (C=O) groups excluding carboxylic acids is 1. The zero-order chi connectivity index (χ0) is 14.5. The Morgan fingerprint density at radius 3 is 2.58 bits per heavy atom. The molecule has 1 amide bonds. The van der Waals surface area contributed by atoms with Crippen molar-refractivity contribution >= 4 is 40.7 Å². The van der Waals surface area contributed by atoms with Crippen LogP contribution >= 0.6 is 34.8 Å². The number of rotatable bonds is 5. The van der Waals surface area contributed by atoms with Crippen LogP contribution in [0.15, 0.2) is 24.3 Å². The molecule has 0 aliphatic carbocycles. The number of ether oxygens (including phenoxy) is 1. The largest absolute Gasteiger partial charge is 0.507 e. The van der Waals surface area contributed by atoms with Crippen molar-refractivity contribution in [3.8, 4) is 5.75 Å². The van der Waals surface area contributed by atoms with Gasteiger partial charge in [0, 0.05) is 6.61 Å². The van der Waals surface area contributed by atoms with Gasteiger partial charge in [-0.2, -0.15) is 0 Å². The number of nitrogens with one attached hydrogen (secondary N) is 1. The van der Waals surface area contributed by atoms with Gasteiger partial charge in [-0.3, -0.25) is 4.79 Å². The fourth-order valence-corrected chi connectivity index (χ4v) is 1.67. The van der Waals surface area contributed by atoms with Crippen LogP contribution in [0.5, 0.6) is 5.75 Å². The zero-order valence-corrected chi connectivity index (χ0v) is 12.5. The molecule has 1 aromatic carbocycles. The minimum Gasteiger partial charge on any atom is -0.507 e. The third-order valence-corrected chi connectivity index (χ3v) is 2.79. The van der Waals surface area contributed by atoms with Gasteiger partial charge in [-0.05, 0) is 18.6 Å². The smallest absolute Gasteiger partial charge is 0.257 e. The van der Waals surface area contributed by atoms with Gasteiger partial charge in [-0.15, -0.1) is 0 Å². The Bertz CT molecular complexity index is 434. The Morgan fingerprint density at radius 2 is 2.05 bits per heavy atom. The lowest BCUT2D eigenvalue weighted by atomic mass is 10.2. The second-order valence-electron chi connectivity index (χ2n) is 3.78. The lowest BCUT2D eigenvalue weighted by Gasteiger charge is -2.25. The van der Waals surface area contributed by atoms with E-state index in [1.165, 1.54) is 12.1 Å². The maximum absolute atomic E-state index is 12.0. The molecule has 0 radical (unpaired) electrons. The third kappa shape index (κ3) is 5.07. The van der Waals surface area contributed by atoms with E-state index in [4.69, 9.17) is 39.5 Å². The predicted molar refractivity (Wildman–Crippen MR) is 75.9 cm³/mol. The van der Waals surface area contributed by atoms with Gasteiger partial charge in [0.2, 0.25) is 3.79 Å². The van der Waals surface area contributed by atoms with Crippen LogP contribution in [0.25, 0.3) is 0 Å². The lowest BCUT2D eigenvalue weighted by Crippen LogP contribution is -2.45. The van der Waals surface area contributed by atoms with Gasteiger partial charge in [-0.1, -0.05) is 53.9 Å². The number of benzene rings is 1. The highest BCUT2D eigenvalue weighted by molar-refractivity contribution is 6.68. The van der Waals surface area contributed by atoms with Crippen molar-refractivity contribution in [1.29, 1.82) is 0 Å². The van der Waals surface area contributed by atoms with E-state index in [-0.39, 0.29) is 11.3 Å². The molecule has 106 valence electrons. The predicted octanol–water partition coefficient (Wildman–Crippen LogP) is 3.24. The fourth-order valence-electron chi connectivity index (χ4n) is 1.32. The normalized spacial score (nSPS) is 13.1. The summed E-state index contributed by atoms with van der Waals surface area (Å²) >= 11 is 17.2. The summed E-state index contributed by atoms with van der Waals surface area (Å²) < 4.78 is 3.48. The summed E-state index contributed by atoms with van der Waals surface area (Å²) in [6.45, 7) is 2.22. The SMILES string of the molecule is CCCOC(NC(=O)c1ccccc1O)C(Cl)(Cl)Cl. The van der Waals surface area contributed by atoms with E-state index in [2.05, 4.69) is 5.32 Å². The van der Waals surface area contributed by atoms with Crippen LogP contribution in [0.4, 0.5) is 0 Å². The maximum atomic E-state index is 12.0. The van der Waals surface area contributed by atoms with Crippen molar-refractivity contribution in [2.75, 3.05) is 6.61 Å². The van der Waals surface area contributed by atoms with Gasteiger partial charge in [0.1, 0.15) is 5.75 Å². The van der Waals surface area contributed by atoms with Crippen molar-refractivity contribution < 1.29 is 14.6 Å². The van der Waals surface area contributed by atoms with E-state index in [0.29, 0.717) is 13.0 Å². The Labute approximate surface area is 126 Å². The monoisotopic (exact) mass is 325 g/mol. The van der Waals surface area contributed by atoms with E-state index >= 15 is 0 Å². The molecule has 0 bridgehead atoms. The van der Waals surface area contributed by atoms with Crippen LogP contribution in [0.1, 0.15) is 23.7 Å². The Balaban J connectivity index is 2.79. The highest BCUT2D eigenvalue weighted by Gasteiger charge is 2.35. The highest BCUT2D eigenvalue weighted by Crippen LogP contribution is 2.31. The molecule has 19 heavy (non-hydrogen) atoms. The molecule has 0 fully saturated rings. The van der Waals surface area contributed by atoms with E-state index in [0.717, 1.165) is 0 Å². The second-order valence-corrected chi connectivity index (χ2v) is 6.15. The summed E-state index contributed by atoms with van der Waals surface area (Å²) in [6, 6.07) is 6.07. The van der Waals surface area contributed by atoms with Crippen LogP contribution in [-0.2, 0) is 4.74 Å². The number of hydrogen-bond acceptors (Lipinski definition) is 3. The van der Waals surface area contributed by atoms with Crippen LogP contribution in [0, 0.1) is 0 Å². The van der Waals surface area contributed by atoms with Crippen molar-refractivity contribution in [1.82, 2.24) is 5.32 Å². The summed E-state index contributed by atoms with van der Waals surface area (Å²) in [5, 5.41) is 12.0. The summed E-state index contributed by atoms with van der Waals surface area (Å²) in [4.78, 5) is 12.0. The van der Waals surface area contributed by atoms with E-state index in [1.807, 2.05) is 6.92 Å². The summed E-state index contributed by atoms with van der Waals surface area (Å²) in [7, 11) is 0. The van der Waals surface area contributed by atoms with E-state index in [9.17, 15) is 9.90 Å². The van der Waals surface area contributed by atoms with Gasteiger partial charge in [-0.25, -0.2) is 0 Å². The van der Waals surface area contributed by atoms with Gasteiger partial charge in [0.05, 0.1) is 5.56 Å². The molecule has 0 aliphatic heterocycles. The van der Waals surface area contributed by atoms with Crippen LogP contribution in [0.3, 0.4) is 0 Å². The quantitative estimate of drug-likeness (QED) is 0.645. The molecule has 0 spiro atoms. The van der Waals surface area contributed by atoms with Crippen molar-refractivity contribution in [3.05, 3.63) is 29.8 Å². The third-order valence-electron chi connectivity index (χ3n) is 2.20. The molecule has 2 N–H and O–H groups in total. The average molecular weight is 327 g/mol. The van der Waals surface area contributed by atoms with Gasteiger partial charge < -0.3 is 15.2 Å². The first-order chi connectivity index (χ1) is 8.86. The Morgan fingerprint density at radius 1 is 1.42 bits per heavy atom. The number of aromatic hydroxyl groups is 1. The number of halogens is 3. The molecule has 0 saturated heterocycles. The highest BCUT2D eigenvalue weighted by atomic mass is 35.6. The average Bonchev–Trinajstić information content (AvgIpc) is 2.33. The van der Waals surface area contributed by atoms with Crippen LogP contribution in [0.2, 0.25) is 0 Å². The van der Waals surface area contributed by atoms with Crippen molar-refractivity contribution in [2.24, 2.45) is 0 Å². The van der Waals surface area contributed by atoms with Gasteiger partial charge in [0.15, 0.2) is 6.23 Å². The first-order valence-electron chi connectivity index (χ1n) is 5.63. The molecule has 1 atom stereocenters. The van der Waals surface area contributed by atoms with Gasteiger partial charge >= 0.3 is 0 Å². The standard InChI is InChI=1S/C12H14Cl3NO3/c1-2-7-19-11(12(13,14)15)16-10(18)8-5-3-4-6-9(8)17/h3-6,11,17H,2,7H2,1H3,(H,16,18). The van der Waals surface area contributed by atoms with Crippen LogP contribution < -0.4 is 5.32 Å². The number of alkyl halides is 3. The zero-order valence-electron chi connectivity index (χ0n) is 10.2. The molecular formula is C12H14Cl3NO3. The molecule has 0 aliphatic rings. The molecule has 0 aromatic heterocycles. The van der Waals surface area contributed by atoms with Crippen molar-refractivity contribution in [3.63, 3.8) is 0 Å². The Hall–Kier alpha value is -0.680. The van der Waals surface area contributed by atoms with Crippen LogP contribution in [-0.4, -0.2) is 27.6 Å². The first kappa shape index (κ1) is 16.4. The maximum Gasteiger partial charge on any atom is 0.257 e. The summed E-state index contributed by atoms with van der Waals surface area (Å²) in [5.74, 6) is -0.732. The molecule has 7 heteroatoms. The first-order valence-corrected chi connectivity index (χ1v) is 6.76. The molecule has 1 rings (SSSR count). The number of phenols is 1. The van der Waals surface area contributed by atoms with Crippen molar-refractivity contribution in [2.45, 2.75) is 23.4 Å². The molecule has 1 aromatic rings. The van der Waals surface area contributed by atoms with E-state index in [1.54, 1.807) is 12.1 Å². The number of para-hydroxylation sites is 1. The molecule has 1 unspecified atom stereocenters. The summed E-state index contributed by atoms with van der Waals surface area (Å²) in [6.07, 6.45) is -0.381. The Kier molecular flexibility index (Phi) is 6.20. The minimum absolute atomic E-state index is 0.0850. The summed E-state index contributed by atoms with van der Waals surface area (Å²) in [5.41, 5.74) is 0.0850. The lowest BCUT2D eigenvalue weighted by molar-refractivity contribution is 0.0302. The minimum atomic E-state index is -1.80. The fraction of sp³-hybridized carbons (Fsp3) is 0.417. The molecular weight excluding hydrogens is 312 g/mol. The number of phenolic OH excluding ortho intramolecular Hbond substituents is 1. The molecule has 0 heterocycles. The second kappa shape index (κ2) is 7.20. The number of amides is 1. The van der Waals surface area contributed by atoms with Gasteiger partial charge in [0.25, 0.3) is 5.91 Å². The van der Waals surface area contributed by atoms with E-state index < -0.39 is 15.9 Å². The molecule has 0 saturated carbocycles. The number of carbonyl (C=O) groups is 1.